The first-order valence-corrected chi connectivity index (χ1v) is 4.68. The molecule has 0 spiro atoms. The molecular weight excluding hydrogens is 160 g/mol. The number of benzene rings is 1. The van der Waals surface area contributed by atoms with Crippen LogP contribution in [0.15, 0.2) is 24.3 Å². The van der Waals surface area contributed by atoms with Gasteiger partial charge in [0.05, 0.1) is 6.10 Å². The average Bonchev–Trinajstić information content (AvgIpc) is 2.47. The molecule has 2 atom stereocenters. The average molecular weight is 174 g/mol. The maximum atomic E-state index is 9.42. The number of aliphatic hydroxyl groups excluding tert-OH is 1. The van der Waals surface area contributed by atoms with Crippen LogP contribution in [0, 0.1) is 0 Å². The second-order valence-electron chi connectivity index (χ2n) is 3.71. The lowest BCUT2D eigenvalue weighted by atomic mass is 9.98. The molecule has 0 heterocycles. The fraction of sp³-hybridized carbons (Fsp3) is 0.333. The number of fused-ring (bicyclic) bond motifs is 1. The Hall–Kier alpha value is -1.08. The lowest BCUT2D eigenvalue weighted by Gasteiger charge is -2.09. The summed E-state index contributed by atoms with van der Waals surface area (Å²) < 4.78 is 0. The minimum atomic E-state index is -0.363. The van der Waals surface area contributed by atoms with Crippen molar-refractivity contribution in [2.45, 2.75) is 25.9 Å². The summed E-state index contributed by atoms with van der Waals surface area (Å²) in [6.07, 6.45) is 3.97. The van der Waals surface area contributed by atoms with E-state index >= 15 is 0 Å². The summed E-state index contributed by atoms with van der Waals surface area (Å²) in [6.45, 7) is 3.98. The standard InChI is InChI=1S/C12H14O/c1-8-3-4-10-5-6-11(9(2)13)7-12(8)10/h3-9,13H,1-2H3. The van der Waals surface area contributed by atoms with Crippen molar-refractivity contribution >= 4 is 6.08 Å². The minimum Gasteiger partial charge on any atom is -0.389 e. The zero-order valence-corrected chi connectivity index (χ0v) is 7.99. The molecule has 1 heteroatoms. The maximum Gasteiger partial charge on any atom is 0.0762 e. The Morgan fingerprint density at radius 2 is 2.15 bits per heavy atom. The summed E-state index contributed by atoms with van der Waals surface area (Å²) in [4.78, 5) is 0. The van der Waals surface area contributed by atoms with E-state index in [4.69, 9.17) is 0 Å². The van der Waals surface area contributed by atoms with E-state index in [1.165, 1.54) is 11.1 Å². The van der Waals surface area contributed by atoms with Crippen molar-refractivity contribution in [3.8, 4) is 0 Å². The third-order valence-electron chi connectivity index (χ3n) is 2.65. The third-order valence-corrected chi connectivity index (χ3v) is 2.65. The van der Waals surface area contributed by atoms with Gasteiger partial charge in [0.2, 0.25) is 0 Å². The topological polar surface area (TPSA) is 20.2 Å². The number of rotatable bonds is 1. The van der Waals surface area contributed by atoms with Crippen molar-refractivity contribution in [3.05, 3.63) is 41.0 Å². The van der Waals surface area contributed by atoms with E-state index in [9.17, 15) is 5.11 Å². The summed E-state index contributed by atoms with van der Waals surface area (Å²) in [5.74, 6) is 0.494. The van der Waals surface area contributed by atoms with Gasteiger partial charge in [-0.1, -0.05) is 37.3 Å². The Morgan fingerprint density at radius 1 is 1.38 bits per heavy atom. The molecule has 0 bridgehead atoms. The van der Waals surface area contributed by atoms with Crippen molar-refractivity contribution in [1.29, 1.82) is 0 Å². The van der Waals surface area contributed by atoms with Gasteiger partial charge in [0.1, 0.15) is 0 Å². The van der Waals surface area contributed by atoms with E-state index in [2.05, 4.69) is 31.2 Å². The van der Waals surface area contributed by atoms with E-state index in [0.29, 0.717) is 5.92 Å². The van der Waals surface area contributed by atoms with Crippen LogP contribution in [0.2, 0.25) is 0 Å². The van der Waals surface area contributed by atoms with Crippen molar-refractivity contribution in [2.75, 3.05) is 0 Å². The smallest absolute Gasteiger partial charge is 0.0762 e. The molecule has 0 aliphatic heterocycles. The molecule has 0 aromatic heterocycles. The Kier molecular flexibility index (Phi) is 1.97. The quantitative estimate of drug-likeness (QED) is 0.694. The molecule has 1 aliphatic carbocycles. The third kappa shape index (κ3) is 1.40. The first-order valence-electron chi connectivity index (χ1n) is 4.68. The number of hydrogen-bond donors (Lipinski definition) is 1. The van der Waals surface area contributed by atoms with Gasteiger partial charge in [-0.15, -0.1) is 0 Å². The molecule has 1 nitrogen and oxygen atoms in total. The highest BCUT2D eigenvalue weighted by Gasteiger charge is 2.13. The SMILES string of the molecule is CC(O)c1ccc2c(c1)C(C)C=C2. The Bertz CT molecular complexity index is 350. The zero-order chi connectivity index (χ0) is 9.42. The molecule has 1 N–H and O–H groups in total. The molecule has 68 valence electrons. The highest BCUT2D eigenvalue weighted by Crippen LogP contribution is 2.31. The highest BCUT2D eigenvalue weighted by molar-refractivity contribution is 5.62. The maximum absolute atomic E-state index is 9.42. The van der Waals surface area contributed by atoms with Gasteiger partial charge < -0.3 is 5.11 Å². The largest absolute Gasteiger partial charge is 0.389 e. The Labute approximate surface area is 78.7 Å². The normalized spacial score (nSPS) is 21.6. The molecular formula is C12H14O. The van der Waals surface area contributed by atoms with Crippen LogP contribution in [0.3, 0.4) is 0 Å². The van der Waals surface area contributed by atoms with Crippen molar-refractivity contribution < 1.29 is 5.11 Å². The summed E-state index contributed by atoms with van der Waals surface area (Å²) >= 11 is 0. The summed E-state index contributed by atoms with van der Waals surface area (Å²) in [5.41, 5.74) is 3.63. The fourth-order valence-corrected chi connectivity index (χ4v) is 1.75. The Morgan fingerprint density at radius 3 is 2.85 bits per heavy atom. The zero-order valence-electron chi connectivity index (χ0n) is 7.99. The van der Waals surface area contributed by atoms with Gasteiger partial charge in [0.25, 0.3) is 0 Å². The van der Waals surface area contributed by atoms with E-state index in [1.807, 2.05) is 6.07 Å². The van der Waals surface area contributed by atoms with Gasteiger partial charge in [-0.05, 0) is 29.5 Å². The van der Waals surface area contributed by atoms with E-state index in [-0.39, 0.29) is 6.10 Å². The monoisotopic (exact) mass is 174 g/mol. The molecule has 2 unspecified atom stereocenters. The Balaban J connectivity index is 2.45. The van der Waals surface area contributed by atoms with Gasteiger partial charge in [-0.25, -0.2) is 0 Å². The van der Waals surface area contributed by atoms with Crippen LogP contribution in [-0.4, -0.2) is 5.11 Å². The number of aliphatic hydroxyl groups is 1. The van der Waals surface area contributed by atoms with Crippen molar-refractivity contribution in [1.82, 2.24) is 0 Å². The first kappa shape index (κ1) is 8.52. The highest BCUT2D eigenvalue weighted by atomic mass is 16.3. The summed E-state index contributed by atoms with van der Waals surface area (Å²) in [5, 5.41) is 9.42. The van der Waals surface area contributed by atoms with Gasteiger partial charge in [-0.3, -0.25) is 0 Å². The van der Waals surface area contributed by atoms with Crippen molar-refractivity contribution in [2.24, 2.45) is 0 Å². The lowest BCUT2D eigenvalue weighted by molar-refractivity contribution is 0.199. The van der Waals surface area contributed by atoms with Crippen molar-refractivity contribution in [3.63, 3.8) is 0 Å². The predicted octanol–water partition coefficient (Wildman–Crippen LogP) is 2.87. The van der Waals surface area contributed by atoms with Crippen LogP contribution in [0.4, 0.5) is 0 Å². The molecule has 0 saturated heterocycles. The van der Waals surface area contributed by atoms with E-state index in [1.54, 1.807) is 6.92 Å². The molecule has 0 radical (unpaired) electrons. The molecule has 1 aliphatic rings. The van der Waals surface area contributed by atoms with Crippen LogP contribution in [-0.2, 0) is 0 Å². The first-order chi connectivity index (χ1) is 6.18. The van der Waals surface area contributed by atoms with Crippen LogP contribution in [0.5, 0.6) is 0 Å². The molecule has 1 aromatic rings. The molecule has 0 fully saturated rings. The molecule has 1 aromatic carbocycles. The van der Waals surface area contributed by atoms with Gasteiger partial charge in [0, 0.05) is 0 Å². The predicted molar refractivity (Wildman–Crippen MR) is 54.5 cm³/mol. The van der Waals surface area contributed by atoms with Gasteiger partial charge in [-0.2, -0.15) is 0 Å². The number of hydrogen-bond acceptors (Lipinski definition) is 1. The molecule has 0 saturated carbocycles. The van der Waals surface area contributed by atoms with Crippen LogP contribution >= 0.6 is 0 Å². The van der Waals surface area contributed by atoms with Gasteiger partial charge in [0.15, 0.2) is 0 Å². The number of allylic oxidation sites excluding steroid dienone is 1. The lowest BCUT2D eigenvalue weighted by Crippen LogP contribution is -1.94. The van der Waals surface area contributed by atoms with Crippen LogP contribution in [0.25, 0.3) is 6.08 Å². The molecule has 2 rings (SSSR count). The fourth-order valence-electron chi connectivity index (χ4n) is 1.75. The van der Waals surface area contributed by atoms with E-state index < -0.39 is 0 Å². The second-order valence-corrected chi connectivity index (χ2v) is 3.71. The van der Waals surface area contributed by atoms with Gasteiger partial charge >= 0.3 is 0 Å². The minimum absolute atomic E-state index is 0.363. The summed E-state index contributed by atoms with van der Waals surface area (Å²) in [7, 11) is 0. The molecule has 0 amide bonds. The second kappa shape index (κ2) is 3.00. The van der Waals surface area contributed by atoms with Crippen LogP contribution < -0.4 is 0 Å². The summed E-state index contributed by atoms with van der Waals surface area (Å²) in [6, 6.07) is 6.17. The van der Waals surface area contributed by atoms with Crippen LogP contribution in [0.1, 0.15) is 42.6 Å². The molecule has 13 heavy (non-hydrogen) atoms. The van der Waals surface area contributed by atoms with E-state index in [0.717, 1.165) is 5.56 Å².